The van der Waals surface area contributed by atoms with Gasteiger partial charge in [-0.2, -0.15) is 0 Å². The summed E-state index contributed by atoms with van der Waals surface area (Å²) in [4.78, 5) is 35.8. The molecular formula is C23H23N2O4. The largest absolute Gasteiger partial charge is 0.464 e. The summed E-state index contributed by atoms with van der Waals surface area (Å²) < 4.78 is 4.83. The zero-order valence-electron chi connectivity index (χ0n) is 16.4. The quantitative estimate of drug-likeness (QED) is 0.710. The highest BCUT2D eigenvalue weighted by Crippen LogP contribution is 2.31. The number of rotatable bonds is 7. The number of ether oxygens (including phenoxy) is 1. The van der Waals surface area contributed by atoms with E-state index in [0.29, 0.717) is 5.56 Å². The van der Waals surface area contributed by atoms with E-state index in [9.17, 15) is 14.4 Å². The summed E-state index contributed by atoms with van der Waals surface area (Å²) in [7, 11) is 0. The van der Waals surface area contributed by atoms with E-state index in [2.05, 4.69) is 29.5 Å². The van der Waals surface area contributed by atoms with Gasteiger partial charge >= 0.3 is 5.97 Å². The minimum atomic E-state index is -0.767. The first kappa shape index (κ1) is 20.8. The Morgan fingerprint density at radius 2 is 1.69 bits per heavy atom. The summed E-state index contributed by atoms with van der Waals surface area (Å²) in [5.41, 5.74) is 1.58. The van der Waals surface area contributed by atoms with Crippen molar-refractivity contribution in [2.75, 3.05) is 13.2 Å². The molecule has 6 heteroatoms. The van der Waals surface area contributed by atoms with Gasteiger partial charge in [-0.25, -0.2) is 4.79 Å². The molecule has 149 valence electrons. The molecule has 2 N–H and O–H groups in total. The van der Waals surface area contributed by atoms with Crippen molar-refractivity contribution in [2.45, 2.75) is 19.9 Å². The zero-order valence-corrected chi connectivity index (χ0v) is 16.4. The number of esters is 1. The Kier molecular flexibility index (Phi) is 6.86. The normalized spacial score (nSPS) is 15.1. The lowest BCUT2D eigenvalue weighted by Crippen LogP contribution is -2.44. The monoisotopic (exact) mass is 391 g/mol. The molecule has 1 aliphatic rings. The molecular weight excluding hydrogens is 368 g/mol. The Hall–Kier alpha value is -2.89. The number of carbonyl (C=O) groups is 3. The van der Waals surface area contributed by atoms with Gasteiger partial charge in [-0.05, 0) is 68.0 Å². The molecule has 6 nitrogen and oxygen atoms in total. The average Bonchev–Trinajstić information content (AvgIpc) is 3.26. The van der Waals surface area contributed by atoms with Crippen LogP contribution in [-0.2, 0) is 14.3 Å². The molecule has 29 heavy (non-hydrogen) atoms. The van der Waals surface area contributed by atoms with E-state index in [1.807, 2.05) is 31.0 Å². The standard InChI is InChI=1S/C23H23N2O4/c1-3-29-23(28)15(2)25-21(26)14-24-22(27)20-11-10-18-12-17(8-9-19(18)13-20)16-6-4-5-7-16/h4-13,15H,3,14H2,1-2H3,(H,24,27)(H,25,26)/t15-/m1/s1. The van der Waals surface area contributed by atoms with E-state index in [1.54, 1.807) is 19.1 Å². The van der Waals surface area contributed by atoms with Crippen molar-refractivity contribution in [1.82, 2.24) is 10.6 Å². The maximum Gasteiger partial charge on any atom is 0.328 e. The Balaban J connectivity index is 1.58. The van der Waals surface area contributed by atoms with Gasteiger partial charge in [-0.3, -0.25) is 9.59 Å². The van der Waals surface area contributed by atoms with Crippen LogP contribution in [0, 0.1) is 31.6 Å². The van der Waals surface area contributed by atoms with Gasteiger partial charge in [0, 0.05) is 11.5 Å². The lowest BCUT2D eigenvalue weighted by atomic mass is 9.94. The van der Waals surface area contributed by atoms with Gasteiger partial charge in [0.25, 0.3) is 5.91 Å². The molecule has 2 amide bonds. The topological polar surface area (TPSA) is 84.5 Å². The summed E-state index contributed by atoms with van der Waals surface area (Å²) in [5.74, 6) is -0.176. The maximum atomic E-state index is 12.4. The second-order valence-corrected chi connectivity index (χ2v) is 6.67. The third kappa shape index (κ3) is 5.34. The van der Waals surface area contributed by atoms with Gasteiger partial charge < -0.3 is 15.4 Å². The van der Waals surface area contributed by atoms with Crippen molar-refractivity contribution in [3.63, 3.8) is 0 Å². The van der Waals surface area contributed by atoms with Crippen molar-refractivity contribution in [2.24, 2.45) is 0 Å². The molecule has 1 atom stereocenters. The highest BCUT2D eigenvalue weighted by molar-refractivity contribution is 6.00. The van der Waals surface area contributed by atoms with Gasteiger partial charge in [0.15, 0.2) is 0 Å². The van der Waals surface area contributed by atoms with Crippen LogP contribution in [0.25, 0.3) is 10.8 Å². The fourth-order valence-corrected chi connectivity index (χ4v) is 3.01. The van der Waals surface area contributed by atoms with Gasteiger partial charge in [0.05, 0.1) is 13.2 Å². The summed E-state index contributed by atoms with van der Waals surface area (Å²) in [6.45, 7) is 3.24. The number of carbonyl (C=O) groups excluding carboxylic acids is 3. The number of hydrogen-bond donors (Lipinski definition) is 2. The zero-order chi connectivity index (χ0) is 20.8. The Labute approximate surface area is 171 Å². The molecule has 0 aliphatic heterocycles. The Morgan fingerprint density at radius 3 is 2.41 bits per heavy atom. The van der Waals surface area contributed by atoms with E-state index in [0.717, 1.165) is 22.3 Å². The first-order valence-electron chi connectivity index (χ1n) is 9.48. The number of benzene rings is 2. The first-order chi connectivity index (χ1) is 14.0. The van der Waals surface area contributed by atoms with Crippen molar-refractivity contribution < 1.29 is 19.1 Å². The van der Waals surface area contributed by atoms with E-state index in [-0.39, 0.29) is 19.1 Å². The molecule has 0 aromatic heterocycles. The minimum Gasteiger partial charge on any atom is -0.464 e. The highest BCUT2D eigenvalue weighted by atomic mass is 16.5. The van der Waals surface area contributed by atoms with E-state index in [1.165, 1.54) is 6.92 Å². The van der Waals surface area contributed by atoms with Crippen LogP contribution in [-0.4, -0.2) is 37.0 Å². The summed E-state index contributed by atoms with van der Waals surface area (Å²) in [6.07, 6.45) is 8.10. The molecule has 0 heterocycles. The minimum absolute atomic E-state index is 0.226. The highest BCUT2D eigenvalue weighted by Gasteiger charge is 2.19. The molecule has 5 radical (unpaired) electrons. The van der Waals surface area contributed by atoms with Crippen LogP contribution in [0.15, 0.2) is 36.4 Å². The molecule has 1 fully saturated rings. The van der Waals surface area contributed by atoms with Crippen molar-refractivity contribution in [3.05, 3.63) is 79.1 Å². The van der Waals surface area contributed by atoms with Crippen molar-refractivity contribution >= 4 is 28.6 Å². The van der Waals surface area contributed by atoms with Crippen LogP contribution < -0.4 is 10.6 Å². The van der Waals surface area contributed by atoms with Crippen molar-refractivity contribution in [1.29, 1.82) is 0 Å². The second-order valence-electron chi connectivity index (χ2n) is 6.67. The molecule has 0 bridgehead atoms. The lowest BCUT2D eigenvalue weighted by Gasteiger charge is -2.13. The number of hydrogen-bond acceptors (Lipinski definition) is 4. The number of fused-ring (bicyclic) bond motifs is 1. The van der Waals surface area contributed by atoms with Crippen LogP contribution >= 0.6 is 0 Å². The van der Waals surface area contributed by atoms with Crippen LogP contribution in [0.5, 0.6) is 0 Å². The molecule has 1 saturated carbocycles. The molecule has 0 saturated heterocycles. The molecule has 0 unspecified atom stereocenters. The second kappa shape index (κ2) is 9.54. The predicted octanol–water partition coefficient (Wildman–Crippen LogP) is 2.39. The fraction of sp³-hybridized carbons (Fsp3) is 0.217. The van der Waals surface area contributed by atoms with Gasteiger partial charge in [0.2, 0.25) is 5.91 Å². The maximum absolute atomic E-state index is 12.4. The molecule has 1 aliphatic carbocycles. The molecule has 0 spiro atoms. The van der Waals surface area contributed by atoms with Crippen LogP contribution in [0.4, 0.5) is 0 Å². The lowest BCUT2D eigenvalue weighted by molar-refractivity contribution is -0.146. The van der Waals surface area contributed by atoms with Gasteiger partial charge in [0.1, 0.15) is 6.04 Å². The average molecular weight is 391 g/mol. The van der Waals surface area contributed by atoms with Gasteiger partial charge in [-0.1, -0.05) is 24.3 Å². The van der Waals surface area contributed by atoms with Crippen LogP contribution in [0.1, 0.15) is 29.8 Å². The Bertz CT molecular complexity index is 903. The van der Waals surface area contributed by atoms with Crippen molar-refractivity contribution in [3.8, 4) is 0 Å². The first-order valence-corrected chi connectivity index (χ1v) is 9.48. The van der Waals surface area contributed by atoms with Crippen LogP contribution in [0.3, 0.4) is 0 Å². The van der Waals surface area contributed by atoms with Crippen LogP contribution in [0.2, 0.25) is 0 Å². The van der Waals surface area contributed by atoms with E-state index >= 15 is 0 Å². The van der Waals surface area contributed by atoms with E-state index < -0.39 is 17.9 Å². The molecule has 2 aromatic rings. The third-order valence-electron chi connectivity index (χ3n) is 4.53. The van der Waals surface area contributed by atoms with Gasteiger partial charge in [-0.15, -0.1) is 0 Å². The summed E-state index contributed by atoms with van der Waals surface area (Å²) >= 11 is 0. The predicted molar refractivity (Wildman–Crippen MR) is 110 cm³/mol. The number of nitrogens with one attached hydrogen (secondary N) is 2. The fourth-order valence-electron chi connectivity index (χ4n) is 3.01. The SMILES string of the molecule is CCOC(=O)[C@@H](C)NC(=O)CNC(=O)c1ccc2cc([C]3[CH][CH][CH][CH]3)ccc2c1. The molecule has 2 aromatic carbocycles. The van der Waals surface area contributed by atoms with E-state index in [4.69, 9.17) is 4.74 Å². The summed E-state index contributed by atoms with van der Waals surface area (Å²) in [5, 5.41) is 7.03. The smallest absolute Gasteiger partial charge is 0.328 e. The Morgan fingerprint density at radius 1 is 1.00 bits per heavy atom. The summed E-state index contributed by atoms with van der Waals surface area (Å²) in [6, 6.07) is 10.7. The molecule has 3 rings (SSSR count). The number of amides is 2. The third-order valence-corrected chi connectivity index (χ3v) is 4.53.